The summed E-state index contributed by atoms with van der Waals surface area (Å²) in [4.78, 5) is 63.1. The van der Waals surface area contributed by atoms with E-state index in [4.69, 9.17) is 24.2 Å². The van der Waals surface area contributed by atoms with Crippen LogP contribution in [0.25, 0.3) is 10.9 Å². The van der Waals surface area contributed by atoms with Gasteiger partial charge >= 0.3 is 0 Å². The van der Waals surface area contributed by atoms with Crippen molar-refractivity contribution < 1.29 is 48.1 Å². The van der Waals surface area contributed by atoms with Gasteiger partial charge in [-0.3, -0.25) is 39.4 Å². The number of anilines is 1. The minimum absolute atomic E-state index is 0.0491. The second-order valence-electron chi connectivity index (χ2n) is 13.5. The van der Waals surface area contributed by atoms with Gasteiger partial charge in [0, 0.05) is 35.9 Å². The van der Waals surface area contributed by atoms with Crippen LogP contribution in [0.2, 0.25) is 0 Å². The number of carbonyl (C=O) groups is 5. The highest BCUT2D eigenvalue weighted by molar-refractivity contribution is 6.25. The molecular formula is C40H42N8O10. The second-order valence-corrected chi connectivity index (χ2v) is 13.5. The van der Waals surface area contributed by atoms with E-state index in [0.29, 0.717) is 76.3 Å². The smallest absolute Gasteiger partial charge is 0.274 e. The third-order valence-electron chi connectivity index (χ3n) is 9.63. The van der Waals surface area contributed by atoms with Gasteiger partial charge in [-0.05, 0) is 59.8 Å². The molecule has 0 saturated carbocycles. The van der Waals surface area contributed by atoms with Gasteiger partial charge in [0.05, 0.1) is 70.1 Å². The van der Waals surface area contributed by atoms with Crippen molar-refractivity contribution in [3.8, 4) is 5.75 Å². The molecule has 5 amide bonds. The number of carbonyl (C=O) groups excluding carboxylic acids is 5. The van der Waals surface area contributed by atoms with E-state index in [0.717, 1.165) is 27.1 Å². The van der Waals surface area contributed by atoms with Gasteiger partial charge in [-0.25, -0.2) is 10.2 Å². The average Bonchev–Trinajstić information content (AvgIpc) is 3.93. The van der Waals surface area contributed by atoms with Gasteiger partial charge in [-0.1, -0.05) is 29.5 Å². The molecule has 0 aliphatic carbocycles. The molecule has 0 spiro atoms. The van der Waals surface area contributed by atoms with Crippen LogP contribution in [-0.4, -0.2) is 111 Å². The molecule has 1 saturated heterocycles. The largest absolute Gasteiger partial charge is 0.491 e. The predicted molar refractivity (Wildman–Crippen MR) is 205 cm³/mol. The molecule has 58 heavy (non-hydrogen) atoms. The zero-order chi connectivity index (χ0) is 40.4. The van der Waals surface area contributed by atoms with Crippen LogP contribution in [0.1, 0.15) is 55.2 Å². The molecule has 0 radical (unpaired) electrons. The summed E-state index contributed by atoms with van der Waals surface area (Å²) in [5.74, 6) is -2.07. The van der Waals surface area contributed by atoms with Crippen molar-refractivity contribution in [2.24, 2.45) is 0 Å². The minimum atomic E-state index is -1.04. The molecule has 1 unspecified atom stereocenters. The molecule has 2 aliphatic heterocycles. The zero-order valence-electron chi connectivity index (χ0n) is 31.4. The molecule has 1 atom stereocenters. The summed E-state index contributed by atoms with van der Waals surface area (Å²) >= 11 is 0. The maximum atomic E-state index is 13.3. The van der Waals surface area contributed by atoms with Crippen molar-refractivity contribution in [2.45, 2.75) is 38.5 Å². The normalized spacial score (nSPS) is 15.2. The molecular weight excluding hydrogens is 752 g/mol. The molecule has 2 aliphatic rings. The fourth-order valence-corrected chi connectivity index (χ4v) is 6.71. The Morgan fingerprint density at radius 2 is 1.64 bits per heavy atom. The fourth-order valence-electron chi connectivity index (χ4n) is 6.71. The van der Waals surface area contributed by atoms with Crippen LogP contribution in [0.5, 0.6) is 5.75 Å². The lowest BCUT2D eigenvalue weighted by molar-refractivity contribution is -0.136. The van der Waals surface area contributed by atoms with E-state index in [1.807, 2.05) is 47.2 Å². The Morgan fingerprint density at radius 3 is 2.40 bits per heavy atom. The van der Waals surface area contributed by atoms with Crippen molar-refractivity contribution in [3.63, 3.8) is 0 Å². The maximum Gasteiger partial charge on any atom is 0.274 e. The average molecular weight is 795 g/mol. The molecule has 2 aromatic heterocycles. The third kappa shape index (κ3) is 9.38. The van der Waals surface area contributed by atoms with Gasteiger partial charge in [0.15, 0.2) is 0 Å². The summed E-state index contributed by atoms with van der Waals surface area (Å²) in [6.45, 7) is 4.12. The second kappa shape index (κ2) is 18.6. The molecule has 0 bridgehead atoms. The number of ether oxygens (including phenoxy) is 4. The van der Waals surface area contributed by atoms with E-state index >= 15 is 0 Å². The molecule has 4 heterocycles. The Morgan fingerprint density at radius 1 is 0.879 bits per heavy atom. The number of nitrogens with zero attached hydrogens (tertiary/aromatic N) is 5. The summed E-state index contributed by atoms with van der Waals surface area (Å²) in [7, 11) is 0. The van der Waals surface area contributed by atoms with Gasteiger partial charge in [0.2, 0.25) is 11.8 Å². The van der Waals surface area contributed by atoms with Crippen LogP contribution in [0, 0.1) is 0 Å². The van der Waals surface area contributed by atoms with E-state index in [-0.39, 0.29) is 30.5 Å². The summed E-state index contributed by atoms with van der Waals surface area (Å²) in [5.41, 5.74) is 5.40. The van der Waals surface area contributed by atoms with Crippen molar-refractivity contribution in [3.05, 3.63) is 107 Å². The van der Waals surface area contributed by atoms with Gasteiger partial charge in [0.25, 0.3) is 17.7 Å². The monoisotopic (exact) mass is 794 g/mol. The van der Waals surface area contributed by atoms with Crippen molar-refractivity contribution in [1.82, 2.24) is 35.3 Å². The van der Waals surface area contributed by atoms with Gasteiger partial charge in [0.1, 0.15) is 24.1 Å². The number of nitrogens with one attached hydrogen (secondary N) is 3. The first-order valence-electron chi connectivity index (χ1n) is 18.7. The first-order valence-corrected chi connectivity index (χ1v) is 18.7. The number of hydrogen-bond donors (Lipinski definition) is 4. The quantitative estimate of drug-likeness (QED) is 0.0386. The first-order chi connectivity index (χ1) is 28.3. The SMILES string of the molecule is O=C1CCC(N2C(=O)c3cccc(NCc4cn(CCOCCOCCOCCOc5ccc(Cn6ccc7ccc(C(=O)NO)cc76)cc5)nn4)c3C2=O)C(=O)N1. The van der Waals surface area contributed by atoms with Gasteiger partial charge in [-0.2, -0.15) is 0 Å². The summed E-state index contributed by atoms with van der Waals surface area (Å²) in [5, 5.41) is 23.6. The van der Waals surface area contributed by atoms with E-state index in [1.54, 1.807) is 46.7 Å². The standard InChI is InChI=1S/C40H42N8O10/c49-35-11-10-33(38(51)42-35)48-39(52)31-2-1-3-32(36(31)40(48)53)41-23-29-25-47(45-43-29)14-15-55-16-17-56-18-19-57-20-21-58-30-8-4-26(5-9-30)24-46-13-12-27-6-7-28(22-34(27)46)37(50)44-54/h1-9,12-13,22,25,33,41,54H,10-11,14-21,23-24H2,(H,44,50)(H,42,49,51). The Kier molecular flexibility index (Phi) is 12.8. The zero-order valence-corrected chi connectivity index (χ0v) is 31.4. The molecule has 302 valence electrons. The molecule has 3 aromatic carbocycles. The highest BCUT2D eigenvalue weighted by atomic mass is 16.6. The van der Waals surface area contributed by atoms with Crippen molar-refractivity contribution in [1.29, 1.82) is 0 Å². The Balaban J connectivity index is 0.729. The number of fused-ring (bicyclic) bond motifs is 2. The van der Waals surface area contributed by atoms with Crippen molar-refractivity contribution in [2.75, 3.05) is 51.6 Å². The highest BCUT2D eigenvalue weighted by Gasteiger charge is 2.45. The van der Waals surface area contributed by atoms with E-state index in [1.165, 1.54) is 0 Å². The van der Waals surface area contributed by atoms with Crippen LogP contribution < -0.4 is 20.9 Å². The first kappa shape index (κ1) is 39.8. The molecule has 4 N–H and O–H groups in total. The number of aromatic nitrogens is 4. The summed E-state index contributed by atoms with van der Waals surface area (Å²) in [6, 6.07) is 18.9. The predicted octanol–water partition coefficient (Wildman–Crippen LogP) is 2.54. The lowest BCUT2D eigenvalue weighted by Crippen LogP contribution is -2.54. The molecule has 5 aromatic rings. The van der Waals surface area contributed by atoms with Crippen LogP contribution in [0.4, 0.5) is 5.69 Å². The number of hydroxylamine groups is 1. The maximum absolute atomic E-state index is 13.3. The van der Waals surface area contributed by atoms with Crippen LogP contribution >= 0.6 is 0 Å². The number of imide groups is 2. The van der Waals surface area contributed by atoms with Crippen LogP contribution in [-0.2, 0) is 43.4 Å². The van der Waals surface area contributed by atoms with E-state index in [9.17, 15) is 24.0 Å². The Bertz CT molecular complexity index is 2290. The molecule has 18 nitrogen and oxygen atoms in total. The summed E-state index contributed by atoms with van der Waals surface area (Å²) < 4.78 is 26.3. The number of rotatable bonds is 20. The number of benzene rings is 3. The fraction of sp³-hybridized carbons (Fsp3) is 0.325. The van der Waals surface area contributed by atoms with Crippen LogP contribution in [0.15, 0.2) is 79.1 Å². The molecule has 1 fully saturated rings. The lowest BCUT2D eigenvalue weighted by atomic mass is 10.0. The molecule has 7 rings (SSSR count). The third-order valence-corrected chi connectivity index (χ3v) is 9.63. The van der Waals surface area contributed by atoms with Gasteiger partial charge < -0.3 is 28.8 Å². The van der Waals surface area contributed by atoms with E-state index < -0.39 is 35.6 Å². The van der Waals surface area contributed by atoms with Crippen LogP contribution in [0.3, 0.4) is 0 Å². The number of amides is 5. The highest BCUT2D eigenvalue weighted by Crippen LogP contribution is 2.32. The lowest BCUT2D eigenvalue weighted by Gasteiger charge is -2.27. The van der Waals surface area contributed by atoms with Crippen molar-refractivity contribution >= 4 is 46.1 Å². The summed E-state index contributed by atoms with van der Waals surface area (Å²) in [6.07, 6.45) is 3.85. The molecule has 18 heteroatoms. The topological polar surface area (TPSA) is 217 Å². The number of hydrogen-bond acceptors (Lipinski definition) is 13. The Labute approximate surface area is 331 Å². The minimum Gasteiger partial charge on any atom is -0.491 e. The Hall–Kier alpha value is -6.47. The van der Waals surface area contributed by atoms with Gasteiger partial charge in [-0.15, -0.1) is 5.10 Å². The number of piperidine rings is 1. The van der Waals surface area contributed by atoms with E-state index in [2.05, 4.69) is 20.9 Å².